The number of rotatable bonds is 3. The number of carbonyl (C=O) groups is 1. The Morgan fingerprint density at radius 3 is 3.16 bits per heavy atom. The van der Waals surface area contributed by atoms with Gasteiger partial charge in [-0.3, -0.25) is 9.89 Å². The van der Waals surface area contributed by atoms with E-state index in [0.717, 1.165) is 0 Å². The SMILES string of the molecule is CN(Cc1ncn[nH]1)C(=O)c1sccc1C#CCO. The highest BCUT2D eigenvalue weighted by Gasteiger charge is 2.17. The van der Waals surface area contributed by atoms with Gasteiger partial charge in [0.2, 0.25) is 0 Å². The molecular weight excluding hydrogens is 264 g/mol. The molecule has 19 heavy (non-hydrogen) atoms. The number of aromatic amines is 1. The second-order valence-electron chi connectivity index (χ2n) is 3.72. The molecule has 0 saturated heterocycles. The first-order chi connectivity index (χ1) is 9.22. The van der Waals surface area contributed by atoms with Crippen LogP contribution in [0.3, 0.4) is 0 Å². The minimum atomic E-state index is -0.225. The average Bonchev–Trinajstić information content (AvgIpc) is 3.06. The van der Waals surface area contributed by atoms with Crippen LogP contribution in [0.25, 0.3) is 0 Å². The van der Waals surface area contributed by atoms with Gasteiger partial charge in [-0.25, -0.2) is 4.98 Å². The molecule has 2 heterocycles. The maximum Gasteiger partial charge on any atom is 0.265 e. The van der Waals surface area contributed by atoms with E-state index in [9.17, 15) is 4.79 Å². The lowest BCUT2D eigenvalue weighted by Gasteiger charge is -2.14. The fraction of sp³-hybridized carbons (Fsp3) is 0.250. The number of aromatic nitrogens is 3. The molecule has 0 aliphatic rings. The Morgan fingerprint density at radius 1 is 1.63 bits per heavy atom. The molecule has 0 radical (unpaired) electrons. The average molecular weight is 276 g/mol. The quantitative estimate of drug-likeness (QED) is 0.799. The van der Waals surface area contributed by atoms with Gasteiger partial charge >= 0.3 is 0 Å². The van der Waals surface area contributed by atoms with Gasteiger partial charge < -0.3 is 10.0 Å². The van der Waals surface area contributed by atoms with Gasteiger partial charge in [-0.1, -0.05) is 11.8 Å². The molecular formula is C12H12N4O2S. The second-order valence-corrected chi connectivity index (χ2v) is 4.63. The van der Waals surface area contributed by atoms with Gasteiger partial charge in [0.15, 0.2) is 0 Å². The third-order valence-electron chi connectivity index (χ3n) is 2.36. The second kappa shape index (κ2) is 6.13. The highest BCUT2D eigenvalue weighted by atomic mass is 32.1. The van der Waals surface area contributed by atoms with Crippen molar-refractivity contribution in [2.24, 2.45) is 0 Å². The van der Waals surface area contributed by atoms with Crippen LogP contribution in [0.15, 0.2) is 17.8 Å². The zero-order valence-corrected chi connectivity index (χ0v) is 11.1. The lowest BCUT2D eigenvalue weighted by Crippen LogP contribution is -2.26. The maximum atomic E-state index is 12.3. The van der Waals surface area contributed by atoms with Gasteiger partial charge in [-0.15, -0.1) is 11.3 Å². The van der Waals surface area contributed by atoms with Crippen LogP contribution in [0.1, 0.15) is 21.1 Å². The standard InChI is InChI=1S/C12H12N4O2S/c1-16(7-10-13-8-14-15-10)12(18)11-9(3-2-5-17)4-6-19-11/h4,6,8,17H,5,7H2,1H3,(H,13,14,15). The van der Waals surface area contributed by atoms with Gasteiger partial charge in [0.05, 0.1) is 6.54 Å². The summed E-state index contributed by atoms with van der Waals surface area (Å²) in [7, 11) is 1.69. The summed E-state index contributed by atoms with van der Waals surface area (Å²) in [4.78, 5) is 18.3. The molecule has 6 nitrogen and oxygen atoms in total. The van der Waals surface area contributed by atoms with Crippen molar-refractivity contribution in [2.45, 2.75) is 6.54 Å². The van der Waals surface area contributed by atoms with Crippen molar-refractivity contribution < 1.29 is 9.90 Å². The molecule has 0 bridgehead atoms. The van der Waals surface area contributed by atoms with Crippen LogP contribution in [-0.2, 0) is 6.54 Å². The van der Waals surface area contributed by atoms with E-state index in [-0.39, 0.29) is 12.5 Å². The lowest BCUT2D eigenvalue weighted by atomic mass is 10.2. The predicted molar refractivity (Wildman–Crippen MR) is 70.5 cm³/mol. The van der Waals surface area contributed by atoms with E-state index in [2.05, 4.69) is 27.0 Å². The Bertz CT molecular complexity index is 609. The number of carbonyl (C=O) groups excluding carboxylic acids is 1. The highest BCUT2D eigenvalue weighted by molar-refractivity contribution is 7.12. The smallest absolute Gasteiger partial charge is 0.265 e. The minimum Gasteiger partial charge on any atom is -0.384 e. The monoisotopic (exact) mass is 276 g/mol. The molecule has 2 aromatic heterocycles. The number of H-pyrrole nitrogens is 1. The van der Waals surface area contributed by atoms with Gasteiger partial charge in [-0.05, 0) is 11.4 Å². The zero-order chi connectivity index (χ0) is 13.7. The zero-order valence-electron chi connectivity index (χ0n) is 10.3. The van der Waals surface area contributed by atoms with E-state index >= 15 is 0 Å². The van der Waals surface area contributed by atoms with Crippen molar-refractivity contribution in [1.29, 1.82) is 0 Å². The van der Waals surface area contributed by atoms with Gasteiger partial charge in [0, 0.05) is 12.6 Å². The molecule has 0 aliphatic carbocycles. The van der Waals surface area contributed by atoms with Crippen LogP contribution in [0.5, 0.6) is 0 Å². The molecule has 7 heteroatoms. The van der Waals surface area contributed by atoms with E-state index in [1.54, 1.807) is 18.5 Å². The van der Waals surface area contributed by atoms with E-state index < -0.39 is 0 Å². The number of thiophene rings is 1. The molecule has 0 atom stereocenters. The summed E-state index contributed by atoms with van der Waals surface area (Å²) in [6, 6.07) is 1.77. The number of nitrogens with one attached hydrogen (secondary N) is 1. The fourth-order valence-corrected chi connectivity index (χ4v) is 2.33. The molecule has 2 rings (SSSR count). The van der Waals surface area contributed by atoms with Crippen molar-refractivity contribution in [3.63, 3.8) is 0 Å². The first-order valence-corrected chi connectivity index (χ1v) is 6.37. The summed E-state index contributed by atoms with van der Waals surface area (Å²) in [5, 5.41) is 16.9. The Morgan fingerprint density at radius 2 is 2.47 bits per heavy atom. The Hall–Kier alpha value is -2.17. The molecule has 0 saturated carbocycles. The van der Waals surface area contributed by atoms with Crippen LogP contribution in [0, 0.1) is 11.8 Å². The molecule has 0 aliphatic heterocycles. The maximum absolute atomic E-state index is 12.3. The summed E-state index contributed by atoms with van der Waals surface area (Å²) in [5.41, 5.74) is 0.633. The Balaban J connectivity index is 2.13. The van der Waals surface area contributed by atoms with Crippen LogP contribution >= 0.6 is 11.3 Å². The summed E-state index contributed by atoms with van der Waals surface area (Å²) in [6.07, 6.45) is 1.40. The molecule has 98 valence electrons. The number of hydrogen-bond acceptors (Lipinski definition) is 5. The van der Waals surface area contributed by atoms with Crippen molar-refractivity contribution in [3.05, 3.63) is 34.0 Å². The van der Waals surface area contributed by atoms with Crippen molar-refractivity contribution in [1.82, 2.24) is 20.1 Å². The molecule has 2 N–H and O–H groups in total. The molecule has 0 aromatic carbocycles. The molecule has 1 amide bonds. The first kappa shape index (κ1) is 13.3. The summed E-state index contributed by atoms with van der Waals surface area (Å²) >= 11 is 1.33. The molecule has 0 spiro atoms. The largest absolute Gasteiger partial charge is 0.384 e. The molecule has 2 aromatic rings. The predicted octanol–water partition coefficient (Wildman–Crippen LogP) is 0.482. The van der Waals surface area contributed by atoms with Crippen molar-refractivity contribution >= 4 is 17.2 Å². The molecule has 0 fully saturated rings. The third kappa shape index (κ3) is 3.19. The van der Waals surface area contributed by atoms with E-state index in [1.807, 2.05) is 0 Å². The van der Waals surface area contributed by atoms with E-state index in [4.69, 9.17) is 5.11 Å². The summed E-state index contributed by atoms with van der Waals surface area (Å²) in [6.45, 7) is 0.126. The third-order valence-corrected chi connectivity index (χ3v) is 3.26. The Kier molecular flexibility index (Phi) is 4.28. The van der Waals surface area contributed by atoms with E-state index in [0.29, 0.717) is 22.8 Å². The topological polar surface area (TPSA) is 82.1 Å². The van der Waals surface area contributed by atoms with Crippen LogP contribution in [-0.4, -0.2) is 44.7 Å². The van der Waals surface area contributed by atoms with Crippen molar-refractivity contribution in [3.8, 4) is 11.8 Å². The number of hydrogen-bond donors (Lipinski definition) is 2. The van der Waals surface area contributed by atoms with Gasteiger partial charge in [-0.2, -0.15) is 5.10 Å². The van der Waals surface area contributed by atoms with Crippen LogP contribution in [0.4, 0.5) is 0 Å². The summed E-state index contributed by atoms with van der Waals surface area (Å²) < 4.78 is 0. The van der Waals surface area contributed by atoms with Crippen LogP contribution < -0.4 is 0 Å². The lowest BCUT2D eigenvalue weighted by molar-refractivity contribution is 0.0786. The number of nitrogens with zero attached hydrogens (tertiary/aromatic N) is 3. The number of aliphatic hydroxyl groups excluding tert-OH is 1. The molecule has 0 unspecified atom stereocenters. The minimum absolute atomic E-state index is 0.131. The van der Waals surface area contributed by atoms with Gasteiger partial charge in [0.25, 0.3) is 5.91 Å². The number of amides is 1. The number of aliphatic hydroxyl groups is 1. The summed E-state index contributed by atoms with van der Waals surface area (Å²) in [5.74, 6) is 5.80. The fourth-order valence-electron chi connectivity index (χ4n) is 1.48. The van der Waals surface area contributed by atoms with Gasteiger partial charge in [0.1, 0.15) is 23.6 Å². The normalized spacial score (nSPS) is 9.79. The van der Waals surface area contributed by atoms with E-state index in [1.165, 1.54) is 22.6 Å². The Labute approximate surface area is 114 Å². The van der Waals surface area contributed by atoms with Crippen molar-refractivity contribution in [2.75, 3.05) is 13.7 Å². The highest BCUT2D eigenvalue weighted by Crippen LogP contribution is 2.18. The first-order valence-electron chi connectivity index (χ1n) is 5.49. The van der Waals surface area contributed by atoms with Crippen LogP contribution in [0.2, 0.25) is 0 Å².